The number of benzene rings is 2. The average molecular weight is 499 g/mol. The number of aromatic nitrogens is 1. The van der Waals surface area contributed by atoms with Crippen molar-refractivity contribution < 1.29 is 18.3 Å². The molecule has 3 rings (SSSR count). The van der Waals surface area contributed by atoms with Gasteiger partial charge < -0.3 is 9.67 Å². The lowest BCUT2D eigenvalue weighted by Gasteiger charge is -2.13. The molecule has 8 heteroatoms. The number of rotatable bonds is 7. The van der Waals surface area contributed by atoms with Crippen LogP contribution in [0.25, 0.3) is 10.9 Å². The Bertz CT molecular complexity index is 1170. The molecule has 0 spiro atoms. The van der Waals surface area contributed by atoms with Gasteiger partial charge in [0.2, 0.25) is 0 Å². The van der Waals surface area contributed by atoms with Crippen molar-refractivity contribution in [1.82, 2.24) is 4.57 Å². The molecule has 0 aliphatic carbocycles. The zero-order valence-electron chi connectivity index (χ0n) is 16.0. The predicted octanol–water partition coefficient (Wildman–Crippen LogP) is 5.16. The predicted molar refractivity (Wildman–Crippen MR) is 118 cm³/mol. The first-order chi connectivity index (χ1) is 13.6. The van der Waals surface area contributed by atoms with Gasteiger partial charge in [-0.1, -0.05) is 46.6 Å². The number of halogens is 2. The lowest BCUT2D eigenvalue weighted by atomic mass is 9.98. The maximum absolute atomic E-state index is 12.8. The van der Waals surface area contributed by atoms with Gasteiger partial charge in [0.1, 0.15) is 5.03 Å². The van der Waals surface area contributed by atoms with Crippen molar-refractivity contribution in [3.05, 3.63) is 63.1 Å². The van der Waals surface area contributed by atoms with Gasteiger partial charge in [-0.2, -0.15) is 0 Å². The molecule has 1 aromatic heterocycles. The Labute approximate surface area is 183 Å². The number of carbonyl (C=O) groups is 1. The van der Waals surface area contributed by atoms with E-state index in [0.717, 1.165) is 20.9 Å². The van der Waals surface area contributed by atoms with Crippen LogP contribution in [0.2, 0.25) is 5.02 Å². The Balaban J connectivity index is 2.23. The third kappa shape index (κ3) is 5.02. The van der Waals surface area contributed by atoms with Gasteiger partial charge in [0.25, 0.3) is 0 Å². The van der Waals surface area contributed by atoms with Crippen molar-refractivity contribution in [2.24, 2.45) is 5.92 Å². The van der Waals surface area contributed by atoms with Gasteiger partial charge in [0, 0.05) is 39.6 Å². The molecule has 1 heterocycles. The van der Waals surface area contributed by atoms with E-state index in [1.807, 2.05) is 37.3 Å². The van der Waals surface area contributed by atoms with Crippen LogP contribution >= 0.6 is 27.5 Å². The number of hydrogen-bond acceptors (Lipinski definition) is 3. The van der Waals surface area contributed by atoms with E-state index >= 15 is 0 Å². The third-order valence-electron chi connectivity index (χ3n) is 4.76. The van der Waals surface area contributed by atoms with Crippen molar-refractivity contribution >= 4 is 54.2 Å². The van der Waals surface area contributed by atoms with Gasteiger partial charge in [-0.05, 0) is 53.8 Å². The van der Waals surface area contributed by atoms with Crippen molar-refractivity contribution in [2.45, 2.75) is 31.3 Å². The van der Waals surface area contributed by atoms with Crippen LogP contribution in [-0.2, 0) is 27.6 Å². The summed E-state index contributed by atoms with van der Waals surface area (Å²) in [5, 5.41) is 10.6. The van der Waals surface area contributed by atoms with Crippen LogP contribution in [0.5, 0.6) is 0 Å². The Morgan fingerprint density at radius 3 is 2.45 bits per heavy atom. The second kappa shape index (κ2) is 8.50. The minimum atomic E-state index is -3.58. The number of carboxylic acids is 1. The molecule has 1 N–H and O–H groups in total. The number of carboxylic acid groups (broad SMARTS) is 1. The fourth-order valence-electron chi connectivity index (χ4n) is 3.64. The van der Waals surface area contributed by atoms with Crippen LogP contribution in [0.1, 0.15) is 24.5 Å². The first-order valence-corrected chi connectivity index (χ1v) is 12.1. The normalized spacial score (nSPS) is 13.0. The molecule has 154 valence electrons. The van der Waals surface area contributed by atoms with E-state index in [4.69, 9.17) is 16.7 Å². The van der Waals surface area contributed by atoms with Crippen LogP contribution in [0.3, 0.4) is 0 Å². The van der Waals surface area contributed by atoms with E-state index in [2.05, 4.69) is 15.9 Å². The van der Waals surface area contributed by atoms with Crippen molar-refractivity contribution in [1.29, 1.82) is 0 Å². The first kappa shape index (κ1) is 21.9. The molecule has 3 aromatic rings. The van der Waals surface area contributed by atoms with E-state index in [9.17, 15) is 13.2 Å². The fraction of sp³-hybridized carbons (Fsp3) is 0.286. The van der Waals surface area contributed by atoms with Crippen LogP contribution in [-0.4, -0.2) is 30.3 Å². The molecular formula is C21H21BrClNO4S. The summed E-state index contributed by atoms with van der Waals surface area (Å²) in [7, 11) is -3.58. The highest BCUT2D eigenvalue weighted by Crippen LogP contribution is 2.34. The SMILES string of the molecule is CC(CC(=O)O)Cc1c(S(C)(=O)=O)n(Cc2ccc(Br)cc2)c2ccc(Cl)cc12. The van der Waals surface area contributed by atoms with Crippen LogP contribution in [0.4, 0.5) is 0 Å². The second-order valence-corrected chi connectivity index (χ2v) is 10.6. The number of aliphatic carboxylic acids is 1. The molecule has 0 aliphatic rings. The van der Waals surface area contributed by atoms with E-state index < -0.39 is 15.8 Å². The lowest BCUT2D eigenvalue weighted by Crippen LogP contribution is -2.13. The minimum absolute atomic E-state index is 0.0385. The highest BCUT2D eigenvalue weighted by molar-refractivity contribution is 9.10. The summed E-state index contributed by atoms with van der Waals surface area (Å²) in [5.74, 6) is -1.13. The highest BCUT2D eigenvalue weighted by Gasteiger charge is 2.26. The summed E-state index contributed by atoms with van der Waals surface area (Å²) in [6, 6.07) is 13.0. The Hall–Kier alpha value is -1.83. The summed E-state index contributed by atoms with van der Waals surface area (Å²) in [6.07, 6.45) is 1.48. The van der Waals surface area contributed by atoms with Gasteiger partial charge >= 0.3 is 5.97 Å². The zero-order valence-corrected chi connectivity index (χ0v) is 19.2. The highest BCUT2D eigenvalue weighted by atomic mass is 79.9. The first-order valence-electron chi connectivity index (χ1n) is 9.03. The van der Waals surface area contributed by atoms with Gasteiger partial charge in [-0.3, -0.25) is 4.79 Å². The molecular weight excluding hydrogens is 478 g/mol. The largest absolute Gasteiger partial charge is 0.481 e. The van der Waals surface area contributed by atoms with Gasteiger partial charge in [0.15, 0.2) is 9.84 Å². The molecule has 0 saturated carbocycles. The van der Waals surface area contributed by atoms with Crippen molar-refractivity contribution in [3.8, 4) is 0 Å². The number of fused-ring (bicyclic) bond motifs is 1. The van der Waals surface area contributed by atoms with E-state index in [0.29, 0.717) is 23.6 Å². The molecule has 1 unspecified atom stereocenters. The summed E-state index contributed by atoms with van der Waals surface area (Å²) in [5.41, 5.74) is 2.33. The Morgan fingerprint density at radius 2 is 1.86 bits per heavy atom. The molecule has 0 bridgehead atoms. The summed E-state index contributed by atoms with van der Waals surface area (Å²) < 4.78 is 28.3. The molecule has 0 radical (unpaired) electrons. The standard InChI is InChI=1S/C21H21BrClNO4S/c1-13(10-20(25)26)9-18-17-11-16(23)7-8-19(17)24(21(18)29(2,27)28)12-14-3-5-15(22)6-4-14/h3-8,11,13H,9-10,12H2,1-2H3,(H,25,26). The summed E-state index contributed by atoms with van der Waals surface area (Å²) in [4.78, 5) is 11.1. The molecule has 1 atom stereocenters. The number of nitrogens with zero attached hydrogens (tertiary/aromatic N) is 1. The van der Waals surface area contributed by atoms with Gasteiger partial charge in [-0.15, -0.1) is 0 Å². The summed E-state index contributed by atoms with van der Waals surface area (Å²) >= 11 is 9.62. The molecule has 0 fully saturated rings. The van der Waals surface area contributed by atoms with Crippen LogP contribution in [0, 0.1) is 5.92 Å². The molecule has 2 aromatic carbocycles. The average Bonchev–Trinajstić information content (AvgIpc) is 2.89. The second-order valence-electron chi connectivity index (χ2n) is 7.34. The quantitative estimate of drug-likeness (QED) is 0.488. The molecule has 0 saturated heterocycles. The van der Waals surface area contributed by atoms with Crippen LogP contribution in [0.15, 0.2) is 52.0 Å². The topological polar surface area (TPSA) is 76.4 Å². The maximum Gasteiger partial charge on any atom is 0.303 e. The zero-order chi connectivity index (χ0) is 21.3. The van der Waals surface area contributed by atoms with Gasteiger partial charge in [-0.25, -0.2) is 8.42 Å². The number of sulfone groups is 1. The minimum Gasteiger partial charge on any atom is -0.481 e. The smallest absolute Gasteiger partial charge is 0.303 e. The Morgan fingerprint density at radius 1 is 1.21 bits per heavy atom. The van der Waals surface area contributed by atoms with E-state index in [-0.39, 0.29) is 17.4 Å². The van der Waals surface area contributed by atoms with Crippen molar-refractivity contribution in [2.75, 3.05) is 6.26 Å². The molecule has 29 heavy (non-hydrogen) atoms. The molecule has 5 nitrogen and oxygen atoms in total. The fourth-order valence-corrected chi connectivity index (χ4v) is 5.28. The molecule has 0 aliphatic heterocycles. The van der Waals surface area contributed by atoms with Crippen molar-refractivity contribution in [3.63, 3.8) is 0 Å². The monoisotopic (exact) mass is 497 g/mol. The third-order valence-corrected chi connectivity index (χ3v) is 6.69. The molecule has 0 amide bonds. The maximum atomic E-state index is 12.8. The lowest BCUT2D eigenvalue weighted by molar-refractivity contribution is -0.137. The number of hydrogen-bond donors (Lipinski definition) is 1. The van der Waals surface area contributed by atoms with Crippen LogP contribution < -0.4 is 0 Å². The Kier molecular flexibility index (Phi) is 6.41. The van der Waals surface area contributed by atoms with Gasteiger partial charge in [0.05, 0.1) is 0 Å². The van der Waals surface area contributed by atoms with E-state index in [1.54, 1.807) is 16.7 Å². The van der Waals surface area contributed by atoms with E-state index in [1.165, 1.54) is 6.26 Å². The summed E-state index contributed by atoms with van der Waals surface area (Å²) in [6.45, 7) is 2.18.